The Balaban J connectivity index is 1.18. The first-order valence-electron chi connectivity index (χ1n) is 13.5. The predicted octanol–water partition coefficient (Wildman–Crippen LogP) is 5.41. The second-order valence-corrected chi connectivity index (χ2v) is 11.0. The zero-order valence-corrected chi connectivity index (χ0v) is 23.6. The van der Waals surface area contributed by atoms with Crippen molar-refractivity contribution in [2.45, 2.75) is 57.6 Å². The summed E-state index contributed by atoms with van der Waals surface area (Å²) in [6.07, 6.45) is 5.35. The fraction of sp³-hybridized carbons (Fsp3) is 0.400. The summed E-state index contributed by atoms with van der Waals surface area (Å²) in [5.41, 5.74) is 3.93. The first-order valence-corrected chi connectivity index (χ1v) is 13.9. The average Bonchev–Trinajstić information content (AvgIpc) is 3.50. The number of hydrogen-bond acceptors (Lipinski definition) is 8. The maximum atomic E-state index is 9.29. The van der Waals surface area contributed by atoms with E-state index in [1.165, 1.54) is 5.56 Å². The molecular weight excluding hydrogens is 528 g/mol. The summed E-state index contributed by atoms with van der Waals surface area (Å²) in [4.78, 5) is 16.1. The van der Waals surface area contributed by atoms with E-state index < -0.39 is 5.79 Å². The summed E-state index contributed by atoms with van der Waals surface area (Å²) in [5, 5.41) is 9.86. The minimum absolute atomic E-state index is 0.0219. The van der Waals surface area contributed by atoms with E-state index in [0.29, 0.717) is 35.4 Å². The van der Waals surface area contributed by atoms with Crippen LogP contribution >= 0.6 is 11.6 Å². The first-order chi connectivity index (χ1) is 19.4. The largest absolute Gasteiger partial charge is 0.443 e. The number of para-hydroxylation sites is 1. The molecule has 0 radical (unpaired) electrons. The highest BCUT2D eigenvalue weighted by Gasteiger charge is 2.42. The molecule has 6 rings (SSSR count). The molecule has 0 amide bonds. The molecule has 0 saturated carbocycles. The molecule has 1 unspecified atom stereocenters. The standard InChI is InChI=1S/C30H31ClN6O3/c1-19(38-3)17-37-25-16-33-22(14-32)13-24(25)35-28(37)18-36-11-9-20(10-12-36)23-5-4-6-26-29(23)40-30(2,39-26)27-8-7-21(31)15-34-27/h4-8,13,15-16,19-20H,9-12,17-18H2,1-3H3/t19-,30?/m1/s1. The number of piperidine rings is 1. The monoisotopic (exact) mass is 558 g/mol. The molecule has 0 bridgehead atoms. The van der Waals surface area contributed by atoms with E-state index in [-0.39, 0.29) is 6.10 Å². The molecule has 0 aliphatic carbocycles. The van der Waals surface area contributed by atoms with Gasteiger partial charge in [0.2, 0.25) is 0 Å². The van der Waals surface area contributed by atoms with Crippen molar-refractivity contribution in [3.8, 4) is 17.6 Å². The molecule has 3 aromatic heterocycles. The van der Waals surface area contributed by atoms with Crippen LogP contribution in [0, 0.1) is 11.3 Å². The minimum atomic E-state index is -0.998. The Kier molecular flexibility index (Phi) is 7.09. The Bertz CT molecular complexity index is 1580. The molecule has 0 spiro atoms. The van der Waals surface area contributed by atoms with Crippen LogP contribution in [0.1, 0.15) is 55.4 Å². The lowest BCUT2D eigenvalue weighted by Gasteiger charge is -2.32. The second kappa shape index (κ2) is 10.7. The van der Waals surface area contributed by atoms with Gasteiger partial charge < -0.3 is 18.8 Å². The molecule has 2 aliphatic heterocycles. The summed E-state index contributed by atoms with van der Waals surface area (Å²) in [6.45, 7) is 7.16. The summed E-state index contributed by atoms with van der Waals surface area (Å²) in [7, 11) is 1.71. The van der Waals surface area contributed by atoms with Crippen LogP contribution in [0.25, 0.3) is 11.0 Å². The van der Waals surface area contributed by atoms with Gasteiger partial charge in [0.25, 0.3) is 5.79 Å². The Morgan fingerprint density at radius 3 is 2.73 bits per heavy atom. The van der Waals surface area contributed by atoms with Gasteiger partial charge in [-0.05, 0) is 57.0 Å². The van der Waals surface area contributed by atoms with Crippen LogP contribution in [-0.4, -0.2) is 50.7 Å². The van der Waals surface area contributed by atoms with Gasteiger partial charge in [0.15, 0.2) is 11.5 Å². The van der Waals surface area contributed by atoms with Crippen molar-refractivity contribution in [3.05, 3.63) is 76.6 Å². The number of nitrogens with zero attached hydrogens (tertiary/aromatic N) is 6. The van der Waals surface area contributed by atoms with Crippen LogP contribution in [0.5, 0.6) is 11.5 Å². The summed E-state index contributed by atoms with van der Waals surface area (Å²) in [5.74, 6) is 1.85. The van der Waals surface area contributed by atoms with Gasteiger partial charge in [-0.3, -0.25) is 9.88 Å². The molecule has 40 heavy (non-hydrogen) atoms. The molecule has 206 valence electrons. The maximum absolute atomic E-state index is 9.29. The molecule has 0 N–H and O–H groups in total. The number of benzene rings is 1. The molecule has 4 aromatic rings. The minimum Gasteiger partial charge on any atom is -0.443 e. The van der Waals surface area contributed by atoms with Gasteiger partial charge in [-0.1, -0.05) is 23.7 Å². The number of aromatic nitrogens is 4. The van der Waals surface area contributed by atoms with E-state index in [1.54, 1.807) is 31.6 Å². The van der Waals surface area contributed by atoms with Gasteiger partial charge in [-0.15, -0.1) is 0 Å². The van der Waals surface area contributed by atoms with Crippen molar-refractivity contribution in [2.75, 3.05) is 20.2 Å². The van der Waals surface area contributed by atoms with E-state index in [4.69, 9.17) is 30.8 Å². The van der Waals surface area contributed by atoms with E-state index in [9.17, 15) is 5.26 Å². The van der Waals surface area contributed by atoms with Crippen LogP contribution < -0.4 is 9.47 Å². The SMILES string of the molecule is CO[C@H](C)Cn1c(CN2CCC(c3cccc4c3OC(C)(c3ccc(Cl)cn3)O4)CC2)nc2cc(C#N)ncc21. The van der Waals surface area contributed by atoms with Crippen LogP contribution in [0.3, 0.4) is 0 Å². The number of pyridine rings is 2. The molecule has 9 nitrogen and oxygen atoms in total. The highest BCUT2D eigenvalue weighted by atomic mass is 35.5. The summed E-state index contributed by atoms with van der Waals surface area (Å²) < 4.78 is 20.4. The molecule has 1 aromatic carbocycles. The van der Waals surface area contributed by atoms with E-state index in [1.807, 2.05) is 32.0 Å². The van der Waals surface area contributed by atoms with Crippen molar-refractivity contribution in [2.24, 2.45) is 0 Å². The molecule has 10 heteroatoms. The zero-order valence-electron chi connectivity index (χ0n) is 22.8. The summed E-state index contributed by atoms with van der Waals surface area (Å²) in [6, 6.07) is 13.6. The third kappa shape index (κ3) is 4.99. The van der Waals surface area contributed by atoms with Crippen molar-refractivity contribution in [1.29, 1.82) is 5.26 Å². The fourth-order valence-corrected chi connectivity index (χ4v) is 5.72. The Morgan fingerprint density at radius 2 is 2.00 bits per heavy atom. The molecular formula is C30H31ClN6O3. The zero-order chi connectivity index (χ0) is 27.9. The number of methoxy groups -OCH3 is 1. The maximum Gasteiger partial charge on any atom is 0.292 e. The van der Waals surface area contributed by atoms with Crippen LogP contribution in [0.2, 0.25) is 5.02 Å². The number of rotatable bonds is 7. The lowest BCUT2D eigenvalue weighted by atomic mass is 9.88. The van der Waals surface area contributed by atoms with Crippen LogP contribution in [0.4, 0.5) is 0 Å². The quantitative estimate of drug-likeness (QED) is 0.297. The van der Waals surface area contributed by atoms with Crippen LogP contribution in [0.15, 0.2) is 48.8 Å². The van der Waals surface area contributed by atoms with Crippen molar-refractivity contribution in [1.82, 2.24) is 24.4 Å². The topological polar surface area (TPSA) is 98.3 Å². The Morgan fingerprint density at radius 1 is 1.18 bits per heavy atom. The van der Waals surface area contributed by atoms with E-state index in [2.05, 4.69) is 31.6 Å². The number of halogens is 1. The molecule has 1 saturated heterocycles. The van der Waals surface area contributed by atoms with Gasteiger partial charge in [0.1, 0.15) is 23.3 Å². The molecule has 2 aliphatic rings. The molecule has 2 atom stereocenters. The van der Waals surface area contributed by atoms with E-state index >= 15 is 0 Å². The lowest BCUT2D eigenvalue weighted by Crippen LogP contribution is -2.34. The lowest BCUT2D eigenvalue weighted by molar-refractivity contribution is -0.0722. The number of imidazole rings is 1. The van der Waals surface area contributed by atoms with Gasteiger partial charge in [0, 0.05) is 31.9 Å². The predicted molar refractivity (Wildman–Crippen MR) is 150 cm³/mol. The van der Waals surface area contributed by atoms with Gasteiger partial charge >= 0.3 is 0 Å². The second-order valence-electron chi connectivity index (χ2n) is 10.6. The highest BCUT2D eigenvalue weighted by molar-refractivity contribution is 6.30. The summed E-state index contributed by atoms with van der Waals surface area (Å²) >= 11 is 6.04. The highest BCUT2D eigenvalue weighted by Crippen LogP contribution is 2.49. The third-order valence-electron chi connectivity index (χ3n) is 7.87. The van der Waals surface area contributed by atoms with Crippen molar-refractivity contribution in [3.63, 3.8) is 0 Å². The molecule has 5 heterocycles. The average molecular weight is 559 g/mol. The third-order valence-corrected chi connectivity index (χ3v) is 8.09. The number of nitriles is 1. The number of fused-ring (bicyclic) bond motifs is 2. The van der Waals surface area contributed by atoms with Gasteiger partial charge in [-0.2, -0.15) is 5.26 Å². The van der Waals surface area contributed by atoms with Gasteiger partial charge in [0.05, 0.1) is 41.4 Å². The molecule has 1 fully saturated rings. The van der Waals surface area contributed by atoms with Crippen molar-refractivity contribution >= 4 is 22.6 Å². The van der Waals surface area contributed by atoms with Crippen LogP contribution in [-0.2, 0) is 23.6 Å². The normalized spacial score (nSPS) is 20.1. The Labute approximate surface area is 238 Å². The number of likely N-dealkylation sites (tertiary alicyclic amines) is 1. The Hall–Kier alpha value is -3.71. The number of ether oxygens (including phenoxy) is 3. The van der Waals surface area contributed by atoms with E-state index in [0.717, 1.165) is 54.3 Å². The first kappa shape index (κ1) is 26.5. The number of hydrogen-bond donors (Lipinski definition) is 0. The van der Waals surface area contributed by atoms with Crippen molar-refractivity contribution < 1.29 is 14.2 Å². The van der Waals surface area contributed by atoms with Gasteiger partial charge in [-0.25, -0.2) is 9.97 Å². The fourth-order valence-electron chi connectivity index (χ4n) is 5.61. The smallest absolute Gasteiger partial charge is 0.292 e.